The van der Waals surface area contributed by atoms with Crippen LogP contribution in [0.15, 0.2) is 22.9 Å². The lowest BCUT2D eigenvalue weighted by atomic mass is 10.1. The first kappa shape index (κ1) is 7.22. The van der Waals surface area contributed by atoms with Gasteiger partial charge in [0.15, 0.2) is 0 Å². The third-order valence-corrected chi connectivity index (χ3v) is 1.91. The average Bonchev–Trinajstić information content (AvgIpc) is 2.43. The fourth-order valence-corrected chi connectivity index (χ4v) is 1.36. The van der Waals surface area contributed by atoms with Crippen molar-refractivity contribution in [3.63, 3.8) is 0 Å². The van der Waals surface area contributed by atoms with Crippen molar-refractivity contribution >= 4 is 23.2 Å². The van der Waals surface area contributed by atoms with E-state index in [0.717, 1.165) is 5.56 Å². The van der Waals surface area contributed by atoms with Gasteiger partial charge in [-0.1, -0.05) is 6.08 Å². The molecule has 2 heteroatoms. The molecule has 1 heterocycles. The third-order valence-electron chi connectivity index (χ3n) is 1.23. The summed E-state index contributed by atoms with van der Waals surface area (Å²) >= 11 is 1.58. The molecule has 0 aliphatic heterocycles. The van der Waals surface area contributed by atoms with E-state index < -0.39 is 0 Å². The van der Waals surface area contributed by atoms with Crippen LogP contribution in [0.4, 0.5) is 0 Å². The Morgan fingerprint density at radius 3 is 3.00 bits per heavy atom. The van der Waals surface area contributed by atoms with Gasteiger partial charge in [-0.3, -0.25) is 4.79 Å². The van der Waals surface area contributed by atoms with Crippen molar-refractivity contribution < 1.29 is 4.79 Å². The van der Waals surface area contributed by atoms with E-state index >= 15 is 0 Å². The predicted octanol–water partition coefficient (Wildman–Crippen LogP) is 2.26. The van der Waals surface area contributed by atoms with Crippen LogP contribution < -0.4 is 0 Å². The van der Waals surface area contributed by atoms with E-state index in [1.807, 2.05) is 30.0 Å². The third kappa shape index (κ3) is 1.33. The van der Waals surface area contributed by atoms with E-state index in [1.54, 1.807) is 17.4 Å². The highest BCUT2D eigenvalue weighted by atomic mass is 32.1. The van der Waals surface area contributed by atoms with Gasteiger partial charge >= 0.3 is 0 Å². The van der Waals surface area contributed by atoms with E-state index in [-0.39, 0.29) is 0 Å². The van der Waals surface area contributed by atoms with E-state index in [4.69, 9.17) is 0 Å². The van der Waals surface area contributed by atoms with Gasteiger partial charge in [0.05, 0.1) is 0 Å². The summed E-state index contributed by atoms with van der Waals surface area (Å²) in [6.45, 7) is 1.83. The summed E-state index contributed by atoms with van der Waals surface area (Å²) in [5.41, 5.74) is 1.60. The van der Waals surface area contributed by atoms with Gasteiger partial charge < -0.3 is 0 Å². The molecule has 10 heavy (non-hydrogen) atoms. The van der Waals surface area contributed by atoms with Gasteiger partial charge in [-0.05, 0) is 29.3 Å². The zero-order valence-corrected chi connectivity index (χ0v) is 6.44. The molecule has 0 aliphatic rings. The van der Waals surface area contributed by atoms with Gasteiger partial charge in [-0.15, -0.1) is 0 Å². The number of thiophene rings is 1. The summed E-state index contributed by atoms with van der Waals surface area (Å²) in [6, 6.07) is 1.91. The highest BCUT2D eigenvalue weighted by Gasteiger charge is 1.97. The Hall–Kier alpha value is -0.890. The first-order valence-electron chi connectivity index (χ1n) is 2.95. The van der Waals surface area contributed by atoms with Crippen LogP contribution >= 0.6 is 11.3 Å². The van der Waals surface area contributed by atoms with Crippen LogP contribution in [0.1, 0.15) is 12.5 Å². The summed E-state index contributed by atoms with van der Waals surface area (Å²) in [4.78, 5) is 10.2. The second-order valence-corrected chi connectivity index (χ2v) is 2.60. The molecule has 1 nitrogen and oxygen atoms in total. The van der Waals surface area contributed by atoms with E-state index in [9.17, 15) is 4.79 Å². The lowest BCUT2D eigenvalue weighted by Gasteiger charge is -1.88. The Morgan fingerprint density at radius 2 is 2.60 bits per heavy atom. The molecule has 0 atom stereocenters. The van der Waals surface area contributed by atoms with Crippen LogP contribution in [0.5, 0.6) is 0 Å². The van der Waals surface area contributed by atoms with Gasteiger partial charge in [-0.25, -0.2) is 0 Å². The Kier molecular flexibility index (Phi) is 2.40. The van der Waals surface area contributed by atoms with Crippen molar-refractivity contribution in [3.05, 3.63) is 28.5 Å². The van der Waals surface area contributed by atoms with Gasteiger partial charge in [0, 0.05) is 5.57 Å². The first-order valence-corrected chi connectivity index (χ1v) is 3.90. The number of hydrogen-bond acceptors (Lipinski definition) is 2. The Bertz CT molecular complexity index is 234. The van der Waals surface area contributed by atoms with E-state index in [0.29, 0.717) is 5.57 Å². The largest absolute Gasteiger partial charge is 0.285 e. The lowest BCUT2D eigenvalue weighted by molar-refractivity contribution is 0.565. The maximum atomic E-state index is 10.2. The molecule has 1 aromatic rings. The summed E-state index contributed by atoms with van der Waals surface area (Å²) < 4.78 is 0. The molecule has 0 amide bonds. The van der Waals surface area contributed by atoms with Crippen LogP contribution in [0, 0.1) is 0 Å². The Labute approximate surface area is 64.0 Å². The SMILES string of the molecule is CC=C([C]=O)c1ccsc1. The van der Waals surface area contributed by atoms with Crippen LogP contribution in [0.2, 0.25) is 0 Å². The molecule has 0 bridgehead atoms. The summed E-state index contributed by atoms with van der Waals surface area (Å²) in [5.74, 6) is 0. The van der Waals surface area contributed by atoms with Crippen molar-refractivity contribution in [1.82, 2.24) is 0 Å². The van der Waals surface area contributed by atoms with Crippen molar-refractivity contribution in [2.24, 2.45) is 0 Å². The molecule has 1 aromatic heterocycles. The second kappa shape index (κ2) is 3.32. The summed E-state index contributed by atoms with van der Waals surface area (Å²) in [7, 11) is 0. The smallest absolute Gasteiger partial charge is 0.233 e. The molecular weight excluding hydrogens is 144 g/mol. The van der Waals surface area contributed by atoms with Gasteiger partial charge in [0.25, 0.3) is 0 Å². The molecule has 0 saturated heterocycles. The lowest BCUT2D eigenvalue weighted by Crippen LogP contribution is -1.79. The maximum absolute atomic E-state index is 10.2. The highest BCUT2D eigenvalue weighted by molar-refractivity contribution is 7.08. The Morgan fingerprint density at radius 1 is 1.80 bits per heavy atom. The minimum atomic E-state index is 0.640. The average molecular weight is 151 g/mol. The molecule has 0 saturated carbocycles. The van der Waals surface area contributed by atoms with Crippen LogP contribution in [0.3, 0.4) is 0 Å². The molecule has 1 radical (unpaired) electrons. The zero-order chi connectivity index (χ0) is 7.40. The maximum Gasteiger partial charge on any atom is 0.233 e. The van der Waals surface area contributed by atoms with Gasteiger partial charge in [0.2, 0.25) is 6.29 Å². The molecule has 0 unspecified atom stereocenters. The topological polar surface area (TPSA) is 17.1 Å². The number of allylic oxidation sites excluding steroid dienone is 2. The minimum absolute atomic E-state index is 0.640. The monoisotopic (exact) mass is 151 g/mol. The van der Waals surface area contributed by atoms with Crippen LogP contribution in [-0.2, 0) is 4.79 Å². The fraction of sp³-hybridized carbons (Fsp3) is 0.125. The standard InChI is InChI=1S/C8H7OS/c1-2-7(5-9)8-3-4-10-6-8/h2-4,6H,1H3. The number of hydrogen-bond donors (Lipinski definition) is 0. The molecule has 0 fully saturated rings. The van der Waals surface area contributed by atoms with Crippen molar-refractivity contribution in [2.45, 2.75) is 6.92 Å². The summed E-state index contributed by atoms with van der Waals surface area (Å²) in [6.07, 6.45) is 3.63. The number of carbonyl (C=O) groups excluding carboxylic acids is 1. The number of rotatable bonds is 2. The minimum Gasteiger partial charge on any atom is -0.285 e. The highest BCUT2D eigenvalue weighted by Crippen LogP contribution is 2.14. The molecule has 51 valence electrons. The van der Waals surface area contributed by atoms with Crippen LogP contribution in [0.25, 0.3) is 5.57 Å². The Balaban J connectivity index is 2.95. The molecule has 0 aromatic carbocycles. The van der Waals surface area contributed by atoms with Crippen molar-refractivity contribution in [3.8, 4) is 0 Å². The molecule has 0 spiro atoms. The first-order chi connectivity index (χ1) is 4.88. The van der Waals surface area contributed by atoms with Gasteiger partial charge in [-0.2, -0.15) is 11.3 Å². The normalized spacial score (nSPS) is 11.5. The quantitative estimate of drug-likeness (QED) is 0.592. The second-order valence-electron chi connectivity index (χ2n) is 1.82. The molecule has 1 rings (SSSR count). The molecule has 0 aliphatic carbocycles. The van der Waals surface area contributed by atoms with Gasteiger partial charge in [0.1, 0.15) is 0 Å². The summed E-state index contributed by atoms with van der Waals surface area (Å²) in [5, 5.41) is 3.87. The van der Waals surface area contributed by atoms with E-state index in [2.05, 4.69) is 0 Å². The molecule has 0 N–H and O–H groups in total. The zero-order valence-electron chi connectivity index (χ0n) is 5.63. The van der Waals surface area contributed by atoms with Crippen LogP contribution in [-0.4, -0.2) is 6.29 Å². The van der Waals surface area contributed by atoms with Crippen molar-refractivity contribution in [2.75, 3.05) is 0 Å². The fourth-order valence-electron chi connectivity index (χ4n) is 0.702. The van der Waals surface area contributed by atoms with Crippen molar-refractivity contribution in [1.29, 1.82) is 0 Å². The van der Waals surface area contributed by atoms with E-state index in [1.165, 1.54) is 0 Å². The molecular formula is C8H7OS. The predicted molar refractivity (Wildman–Crippen MR) is 43.7 cm³/mol.